The number of hydrogen-bond acceptors (Lipinski definition) is 3. The summed E-state index contributed by atoms with van der Waals surface area (Å²) < 4.78 is 0. The molecule has 1 N–H and O–H groups in total. The van der Waals surface area contributed by atoms with E-state index < -0.39 is 0 Å². The molecule has 1 aliphatic carbocycles. The Morgan fingerprint density at radius 3 is 2.88 bits per heavy atom. The van der Waals surface area contributed by atoms with E-state index in [1.54, 1.807) is 0 Å². The van der Waals surface area contributed by atoms with Gasteiger partial charge >= 0.3 is 0 Å². The van der Waals surface area contributed by atoms with Gasteiger partial charge in [-0.1, -0.05) is 6.07 Å². The van der Waals surface area contributed by atoms with Crippen LogP contribution in [0.25, 0.3) is 0 Å². The minimum Gasteiger partial charge on any atom is -0.391 e. The number of aryl methyl sites for hydroxylation is 1. The lowest BCUT2D eigenvalue weighted by molar-refractivity contribution is 0.0818. The second-order valence-electron chi connectivity index (χ2n) is 4.75. The molecule has 0 radical (unpaired) electrons. The van der Waals surface area contributed by atoms with E-state index in [0.717, 1.165) is 37.2 Å². The van der Waals surface area contributed by atoms with Crippen molar-refractivity contribution in [1.29, 1.82) is 0 Å². The molecule has 0 unspecified atom stereocenters. The summed E-state index contributed by atoms with van der Waals surface area (Å²) >= 11 is 0. The van der Waals surface area contributed by atoms with Gasteiger partial charge in [0, 0.05) is 18.3 Å². The zero-order valence-electron chi connectivity index (χ0n) is 10.1. The van der Waals surface area contributed by atoms with Crippen molar-refractivity contribution in [3.05, 3.63) is 29.6 Å². The molecule has 2 atom stereocenters. The van der Waals surface area contributed by atoms with E-state index in [1.165, 1.54) is 0 Å². The molecule has 0 saturated heterocycles. The Balaban J connectivity index is 1.99. The third-order valence-corrected chi connectivity index (χ3v) is 3.37. The van der Waals surface area contributed by atoms with Crippen LogP contribution in [0.2, 0.25) is 0 Å². The van der Waals surface area contributed by atoms with Gasteiger partial charge in [-0.25, -0.2) is 0 Å². The molecule has 0 amide bonds. The quantitative estimate of drug-likeness (QED) is 0.843. The van der Waals surface area contributed by atoms with E-state index in [0.29, 0.717) is 6.04 Å². The summed E-state index contributed by atoms with van der Waals surface area (Å²) in [5.74, 6) is 0. The van der Waals surface area contributed by atoms with E-state index in [2.05, 4.69) is 16.9 Å². The summed E-state index contributed by atoms with van der Waals surface area (Å²) in [7, 11) is 2.07. The topological polar surface area (TPSA) is 36.4 Å². The normalized spacial score (nSPS) is 25.2. The van der Waals surface area contributed by atoms with Crippen molar-refractivity contribution < 1.29 is 5.11 Å². The van der Waals surface area contributed by atoms with Gasteiger partial charge in [0.05, 0.1) is 11.8 Å². The zero-order valence-corrected chi connectivity index (χ0v) is 10.1. The minimum atomic E-state index is -0.158. The second-order valence-corrected chi connectivity index (χ2v) is 4.75. The van der Waals surface area contributed by atoms with Gasteiger partial charge in [0.15, 0.2) is 0 Å². The lowest BCUT2D eigenvalue weighted by Gasteiger charge is -2.26. The van der Waals surface area contributed by atoms with Gasteiger partial charge in [-0.2, -0.15) is 0 Å². The van der Waals surface area contributed by atoms with Crippen LogP contribution in [0.1, 0.15) is 30.7 Å². The van der Waals surface area contributed by atoms with E-state index in [-0.39, 0.29) is 6.10 Å². The number of rotatable bonds is 3. The molecule has 1 heterocycles. The fourth-order valence-electron chi connectivity index (χ4n) is 2.50. The Morgan fingerprint density at radius 2 is 2.25 bits per heavy atom. The van der Waals surface area contributed by atoms with Crippen molar-refractivity contribution in [2.45, 2.75) is 44.9 Å². The molecular formula is C13H20N2O. The summed E-state index contributed by atoms with van der Waals surface area (Å²) in [4.78, 5) is 6.71. The molecule has 1 saturated carbocycles. The fourth-order valence-corrected chi connectivity index (χ4v) is 2.50. The molecular weight excluding hydrogens is 200 g/mol. The van der Waals surface area contributed by atoms with Gasteiger partial charge in [0.2, 0.25) is 0 Å². The molecule has 1 fully saturated rings. The van der Waals surface area contributed by atoms with Gasteiger partial charge in [0.1, 0.15) is 0 Å². The molecule has 0 aromatic carbocycles. The first-order valence-electron chi connectivity index (χ1n) is 5.97. The Morgan fingerprint density at radius 1 is 1.44 bits per heavy atom. The first-order valence-corrected chi connectivity index (χ1v) is 5.97. The highest BCUT2D eigenvalue weighted by Gasteiger charge is 2.28. The van der Waals surface area contributed by atoms with Crippen molar-refractivity contribution in [2.75, 3.05) is 7.05 Å². The fraction of sp³-hybridized carbons (Fsp3) is 0.615. The second kappa shape index (κ2) is 4.93. The van der Waals surface area contributed by atoms with Crippen molar-refractivity contribution in [3.8, 4) is 0 Å². The molecule has 0 bridgehead atoms. The standard InChI is InChI=1S/C13H20N2O/c1-10-5-3-6-11(14-10)9-15(2)12-7-4-8-13(12)16/h3,5-6,12-13,16H,4,7-9H2,1-2H3/t12-,13-/m1/s1. The third kappa shape index (κ3) is 2.60. The Labute approximate surface area is 97.1 Å². The molecule has 0 aliphatic heterocycles. The number of nitrogens with zero attached hydrogens (tertiary/aromatic N) is 2. The monoisotopic (exact) mass is 220 g/mol. The molecule has 16 heavy (non-hydrogen) atoms. The summed E-state index contributed by atoms with van der Waals surface area (Å²) in [6.07, 6.45) is 3.02. The smallest absolute Gasteiger partial charge is 0.0695 e. The number of aliphatic hydroxyl groups is 1. The molecule has 3 nitrogen and oxygen atoms in total. The van der Waals surface area contributed by atoms with Crippen molar-refractivity contribution in [2.24, 2.45) is 0 Å². The molecule has 88 valence electrons. The van der Waals surface area contributed by atoms with E-state index in [9.17, 15) is 5.11 Å². The van der Waals surface area contributed by atoms with Crippen molar-refractivity contribution in [1.82, 2.24) is 9.88 Å². The first kappa shape index (κ1) is 11.6. The van der Waals surface area contributed by atoms with Crippen LogP contribution in [0.5, 0.6) is 0 Å². The predicted molar refractivity (Wildman–Crippen MR) is 64.1 cm³/mol. The minimum absolute atomic E-state index is 0.158. The van der Waals surface area contributed by atoms with E-state index >= 15 is 0 Å². The molecule has 2 rings (SSSR count). The maximum absolute atomic E-state index is 9.83. The zero-order chi connectivity index (χ0) is 11.5. The summed E-state index contributed by atoms with van der Waals surface area (Å²) in [5.41, 5.74) is 2.14. The number of pyridine rings is 1. The summed E-state index contributed by atoms with van der Waals surface area (Å²) in [6, 6.07) is 6.40. The number of aliphatic hydroxyl groups excluding tert-OH is 1. The highest BCUT2D eigenvalue weighted by Crippen LogP contribution is 2.24. The molecule has 0 spiro atoms. The van der Waals surface area contributed by atoms with Gasteiger partial charge in [-0.15, -0.1) is 0 Å². The van der Waals surface area contributed by atoms with Gasteiger partial charge in [-0.3, -0.25) is 9.88 Å². The maximum atomic E-state index is 9.83. The van der Waals surface area contributed by atoms with Crippen LogP contribution in [0.15, 0.2) is 18.2 Å². The van der Waals surface area contributed by atoms with Crippen molar-refractivity contribution in [3.63, 3.8) is 0 Å². The van der Waals surface area contributed by atoms with Crippen LogP contribution in [0, 0.1) is 6.92 Å². The van der Waals surface area contributed by atoms with Crippen LogP contribution in [-0.4, -0.2) is 34.2 Å². The average molecular weight is 220 g/mol. The van der Waals surface area contributed by atoms with Crippen LogP contribution in [0.3, 0.4) is 0 Å². The molecule has 3 heteroatoms. The first-order chi connectivity index (χ1) is 7.66. The van der Waals surface area contributed by atoms with Crippen molar-refractivity contribution >= 4 is 0 Å². The SMILES string of the molecule is Cc1cccc(CN(C)[C@@H]2CCC[C@H]2O)n1. The van der Waals surface area contributed by atoms with Crippen LogP contribution < -0.4 is 0 Å². The Kier molecular flexibility index (Phi) is 3.56. The Bertz CT molecular complexity index is 354. The van der Waals surface area contributed by atoms with Crippen LogP contribution in [0.4, 0.5) is 0 Å². The highest BCUT2D eigenvalue weighted by molar-refractivity contribution is 5.10. The molecule has 1 aromatic rings. The lowest BCUT2D eigenvalue weighted by atomic mass is 10.2. The van der Waals surface area contributed by atoms with Crippen LogP contribution in [-0.2, 0) is 6.54 Å². The highest BCUT2D eigenvalue weighted by atomic mass is 16.3. The van der Waals surface area contributed by atoms with Gasteiger partial charge in [-0.05, 0) is 45.4 Å². The van der Waals surface area contributed by atoms with Crippen LogP contribution >= 0.6 is 0 Å². The van der Waals surface area contributed by atoms with Gasteiger partial charge < -0.3 is 5.11 Å². The number of hydrogen-bond donors (Lipinski definition) is 1. The largest absolute Gasteiger partial charge is 0.391 e. The van der Waals surface area contributed by atoms with E-state index in [1.807, 2.05) is 25.1 Å². The molecule has 1 aliphatic rings. The Hall–Kier alpha value is -0.930. The summed E-state index contributed by atoms with van der Waals surface area (Å²) in [5, 5.41) is 9.83. The number of likely N-dealkylation sites (N-methyl/N-ethyl adjacent to an activating group) is 1. The predicted octanol–water partition coefficient (Wildman–Crippen LogP) is 1.74. The lowest BCUT2D eigenvalue weighted by Crippen LogP contribution is -2.37. The third-order valence-electron chi connectivity index (χ3n) is 3.37. The summed E-state index contributed by atoms with van der Waals surface area (Å²) in [6.45, 7) is 2.83. The average Bonchev–Trinajstić information content (AvgIpc) is 2.64. The maximum Gasteiger partial charge on any atom is 0.0695 e. The molecule has 1 aromatic heterocycles. The van der Waals surface area contributed by atoms with Gasteiger partial charge in [0.25, 0.3) is 0 Å². The number of aromatic nitrogens is 1. The van der Waals surface area contributed by atoms with E-state index in [4.69, 9.17) is 0 Å².